The van der Waals surface area contributed by atoms with Crippen molar-refractivity contribution in [2.45, 2.75) is 13.3 Å². The molecule has 7 heteroatoms. The summed E-state index contributed by atoms with van der Waals surface area (Å²) in [6.45, 7) is 2.42. The molecular formula is C22H23N5OS. The fourth-order valence-electron chi connectivity index (χ4n) is 3.19. The van der Waals surface area contributed by atoms with Crippen LogP contribution in [0.4, 0.5) is 5.69 Å². The second-order valence-corrected chi connectivity index (χ2v) is 7.96. The average molecular weight is 406 g/mol. The van der Waals surface area contributed by atoms with Gasteiger partial charge in [0.1, 0.15) is 5.69 Å². The monoisotopic (exact) mass is 405 g/mol. The molecule has 1 amide bonds. The van der Waals surface area contributed by atoms with Crippen LogP contribution >= 0.6 is 11.3 Å². The maximum absolute atomic E-state index is 12.2. The van der Waals surface area contributed by atoms with E-state index in [0.29, 0.717) is 6.54 Å². The minimum atomic E-state index is -0.0498. The van der Waals surface area contributed by atoms with Crippen LogP contribution in [0.5, 0.6) is 0 Å². The maximum Gasteiger partial charge on any atom is 0.238 e. The van der Waals surface area contributed by atoms with Crippen LogP contribution in [-0.2, 0) is 11.2 Å². The summed E-state index contributed by atoms with van der Waals surface area (Å²) in [5.74, 6) is -0.0498. The molecule has 4 aromatic rings. The van der Waals surface area contributed by atoms with Gasteiger partial charge in [0.25, 0.3) is 0 Å². The van der Waals surface area contributed by atoms with Crippen LogP contribution < -0.4 is 5.32 Å². The van der Waals surface area contributed by atoms with Crippen molar-refractivity contribution in [3.8, 4) is 16.4 Å². The number of rotatable bonds is 6. The summed E-state index contributed by atoms with van der Waals surface area (Å²) < 4.78 is 1.88. The minimum Gasteiger partial charge on any atom is -0.325 e. The predicted molar refractivity (Wildman–Crippen MR) is 119 cm³/mol. The number of carbonyl (C=O) groups is 1. The Morgan fingerprint density at radius 1 is 1.17 bits per heavy atom. The molecule has 0 radical (unpaired) electrons. The van der Waals surface area contributed by atoms with E-state index >= 15 is 0 Å². The average Bonchev–Trinajstić information content (AvgIpc) is 3.32. The Morgan fingerprint density at radius 3 is 2.66 bits per heavy atom. The Balaban J connectivity index is 1.83. The molecule has 29 heavy (non-hydrogen) atoms. The summed E-state index contributed by atoms with van der Waals surface area (Å²) in [4.78, 5) is 18.7. The quantitative estimate of drug-likeness (QED) is 0.522. The standard InChI is InChI=1S/C22H23N5OS/c1-4-16-14-29-22(24-16)27-19-12-17(23-20(28)13-26(2)3)10-11-18(19)21(25-27)15-8-6-5-7-9-15/h5-12,14H,4,13H2,1-3H3,(H,23,28). The molecule has 6 nitrogen and oxygen atoms in total. The Labute approximate surface area is 173 Å². The molecule has 148 valence electrons. The van der Waals surface area contributed by atoms with Crippen molar-refractivity contribution < 1.29 is 4.79 Å². The number of thiazole rings is 1. The molecule has 0 aliphatic heterocycles. The smallest absolute Gasteiger partial charge is 0.238 e. The first kappa shape index (κ1) is 19.3. The third-order valence-corrected chi connectivity index (χ3v) is 5.42. The van der Waals surface area contributed by atoms with Gasteiger partial charge in [0, 0.05) is 22.0 Å². The number of aryl methyl sites for hydroxylation is 1. The van der Waals surface area contributed by atoms with Crippen molar-refractivity contribution in [3.63, 3.8) is 0 Å². The molecule has 2 aromatic carbocycles. The Bertz CT molecular complexity index is 1150. The van der Waals surface area contributed by atoms with Gasteiger partial charge in [-0.1, -0.05) is 37.3 Å². The van der Waals surface area contributed by atoms with Gasteiger partial charge in [0.2, 0.25) is 11.0 Å². The topological polar surface area (TPSA) is 63.1 Å². The van der Waals surface area contributed by atoms with Crippen molar-refractivity contribution in [1.82, 2.24) is 19.7 Å². The van der Waals surface area contributed by atoms with Crippen molar-refractivity contribution in [3.05, 3.63) is 59.6 Å². The number of carbonyl (C=O) groups excluding carboxylic acids is 1. The number of hydrogen-bond acceptors (Lipinski definition) is 5. The Morgan fingerprint density at radius 2 is 1.97 bits per heavy atom. The van der Waals surface area contributed by atoms with Crippen LogP contribution in [0.3, 0.4) is 0 Å². The second kappa shape index (κ2) is 8.14. The molecule has 0 aliphatic carbocycles. The Hall–Kier alpha value is -3.03. The van der Waals surface area contributed by atoms with Gasteiger partial charge < -0.3 is 10.2 Å². The third kappa shape index (κ3) is 4.06. The molecule has 4 rings (SSSR count). The summed E-state index contributed by atoms with van der Waals surface area (Å²) in [6.07, 6.45) is 0.882. The lowest BCUT2D eigenvalue weighted by Gasteiger charge is -2.10. The summed E-state index contributed by atoms with van der Waals surface area (Å²) in [6, 6.07) is 16.0. The first-order valence-corrected chi connectivity index (χ1v) is 10.4. The number of amides is 1. The molecule has 0 atom stereocenters. The van der Waals surface area contributed by atoms with E-state index in [1.165, 1.54) is 0 Å². The fraction of sp³-hybridized carbons (Fsp3) is 0.227. The number of nitrogens with one attached hydrogen (secondary N) is 1. The summed E-state index contributed by atoms with van der Waals surface area (Å²) in [5.41, 5.74) is 4.67. The Kier molecular flexibility index (Phi) is 5.42. The van der Waals surface area contributed by atoms with E-state index in [0.717, 1.165) is 45.1 Å². The van der Waals surface area contributed by atoms with Crippen LogP contribution in [0.25, 0.3) is 27.3 Å². The molecule has 2 heterocycles. The number of likely N-dealkylation sites (N-methyl/N-ethyl adjacent to an activating group) is 1. The molecule has 0 fully saturated rings. The third-order valence-electron chi connectivity index (χ3n) is 4.55. The first-order valence-electron chi connectivity index (χ1n) is 9.52. The van der Waals surface area contributed by atoms with Crippen molar-refractivity contribution in [2.24, 2.45) is 0 Å². The van der Waals surface area contributed by atoms with Gasteiger partial charge in [-0.2, -0.15) is 5.10 Å². The number of benzene rings is 2. The molecule has 0 spiro atoms. The predicted octanol–water partition coefficient (Wildman–Crippen LogP) is 4.21. The molecule has 2 aromatic heterocycles. The van der Waals surface area contributed by atoms with Gasteiger partial charge >= 0.3 is 0 Å². The SMILES string of the molecule is CCc1csc(-n2nc(-c3ccccc3)c3ccc(NC(=O)CN(C)C)cc32)n1. The maximum atomic E-state index is 12.2. The van der Waals surface area contributed by atoms with Crippen molar-refractivity contribution in [2.75, 3.05) is 26.0 Å². The molecule has 0 aliphatic rings. The molecule has 1 N–H and O–H groups in total. The van der Waals surface area contributed by atoms with E-state index in [1.54, 1.807) is 11.3 Å². The van der Waals surface area contributed by atoms with E-state index in [2.05, 4.69) is 29.8 Å². The van der Waals surface area contributed by atoms with Gasteiger partial charge in [-0.05, 0) is 38.7 Å². The van der Waals surface area contributed by atoms with E-state index in [9.17, 15) is 4.79 Å². The molecule has 0 saturated heterocycles. The van der Waals surface area contributed by atoms with Gasteiger partial charge in [-0.15, -0.1) is 11.3 Å². The highest BCUT2D eigenvalue weighted by Crippen LogP contribution is 2.32. The van der Waals surface area contributed by atoms with Crippen LogP contribution in [0.1, 0.15) is 12.6 Å². The van der Waals surface area contributed by atoms with Crippen molar-refractivity contribution >= 4 is 33.8 Å². The van der Waals surface area contributed by atoms with Crippen LogP contribution in [0.15, 0.2) is 53.9 Å². The number of aromatic nitrogens is 3. The lowest BCUT2D eigenvalue weighted by molar-refractivity contribution is -0.116. The largest absolute Gasteiger partial charge is 0.325 e. The zero-order valence-corrected chi connectivity index (χ0v) is 17.5. The fourth-order valence-corrected chi connectivity index (χ4v) is 4.06. The number of anilines is 1. The number of fused-ring (bicyclic) bond motifs is 1. The summed E-state index contributed by atoms with van der Waals surface area (Å²) in [5, 5.41) is 11.8. The van der Waals surface area contributed by atoms with E-state index in [1.807, 2.05) is 60.1 Å². The minimum absolute atomic E-state index is 0.0498. The van der Waals surface area contributed by atoms with Gasteiger partial charge in [-0.25, -0.2) is 9.67 Å². The van der Waals surface area contributed by atoms with E-state index < -0.39 is 0 Å². The highest BCUT2D eigenvalue weighted by molar-refractivity contribution is 7.12. The summed E-state index contributed by atoms with van der Waals surface area (Å²) in [7, 11) is 3.75. The van der Waals surface area contributed by atoms with Gasteiger partial charge in [-0.3, -0.25) is 4.79 Å². The molecule has 0 unspecified atom stereocenters. The molecule has 0 saturated carbocycles. The highest BCUT2D eigenvalue weighted by Gasteiger charge is 2.16. The molecular weight excluding hydrogens is 382 g/mol. The zero-order chi connectivity index (χ0) is 20.4. The van der Waals surface area contributed by atoms with E-state index in [-0.39, 0.29) is 5.91 Å². The van der Waals surface area contributed by atoms with Gasteiger partial charge in [0.15, 0.2) is 0 Å². The second-order valence-electron chi connectivity index (χ2n) is 7.12. The van der Waals surface area contributed by atoms with Crippen molar-refractivity contribution in [1.29, 1.82) is 0 Å². The lowest BCUT2D eigenvalue weighted by atomic mass is 10.1. The normalized spacial score (nSPS) is 11.3. The van der Waals surface area contributed by atoms with Crippen LogP contribution in [-0.4, -0.2) is 46.2 Å². The zero-order valence-electron chi connectivity index (χ0n) is 16.7. The highest BCUT2D eigenvalue weighted by atomic mass is 32.1. The molecule has 0 bridgehead atoms. The van der Waals surface area contributed by atoms with Gasteiger partial charge in [0.05, 0.1) is 17.8 Å². The van der Waals surface area contributed by atoms with Crippen LogP contribution in [0.2, 0.25) is 0 Å². The van der Waals surface area contributed by atoms with E-state index in [4.69, 9.17) is 10.1 Å². The first-order chi connectivity index (χ1) is 14.0. The summed E-state index contributed by atoms with van der Waals surface area (Å²) >= 11 is 1.57. The number of nitrogens with zero attached hydrogens (tertiary/aromatic N) is 4. The lowest BCUT2D eigenvalue weighted by Crippen LogP contribution is -2.27. The van der Waals surface area contributed by atoms with Crippen LogP contribution in [0, 0.1) is 0 Å². The number of hydrogen-bond donors (Lipinski definition) is 1.